The van der Waals surface area contributed by atoms with Crippen LogP contribution in [0.5, 0.6) is 16.6 Å². The van der Waals surface area contributed by atoms with Crippen LogP contribution in [-0.2, 0) is 0 Å². The molecule has 0 bridgehead atoms. The zero-order valence-corrected chi connectivity index (χ0v) is 10.5. The number of ether oxygens (including phenoxy) is 1. The number of rotatable bonds is 2. The number of aryl methyl sites for hydroxylation is 1. The van der Waals surface area contributed by atoms with E-state index in [2.05, 4.69) is 0 Å². The van der Waals surface area contributed by atoms with Crippen LogP contribution in [0.15, 0.2) is 24.3 Å². The van der Waals surface area contributed by atoms with Crippen molar-refractivity contribution in [2.75, 3.05) is 0 Å². The van der Waals surface area contributed by atoms with Crippen LogP contribution >= 0.6 is 22.9 Å². The van der Waals surface area contributed by atoms with Crippen molar-refractivity contribution < 1.29 is 9.84 Å². The van der Waals surface area contributed by atoms with Crippen LogP contribution < -0.4 is 4.74 Å². The quantitative estimate of drug-likeness (QED) is 0.854. The van der Waals surface area contributed by atoms with Crippen LogP contribution in [-0.4, -0.2) is 5.11 Å². The van der Waals surface area contributed by atoms with Crippen molar-refractivity contribution in [1.82, 2.24) is 0 Å². The predicted octanol–water partition coefficient (Wildman–Crippen LogP) is 4.52. The number of halogens is 1. The summed E-state index contributed by atoms with van der Waals surface area (Å²) in [5.41, 5.74) is 0.775. The second kappa shape index (κ2) is 4.36. The van der Waals surface area contributed by atoms with Gasteiger partial charge in [-0.3, -0.25) is 0 Å². The molecule has 2 rings (SSSR count). The highest BCUT2D eigenvalue weighted by molar-refractivity contribution is 7.14. The van der Waals surface area contributed by atoms with Gasteiger partial charge >= 0.3 is 0 Å². The average molecular weight is 255 g/mol. The Bertz CT molecular complexity index is 502. The van der Waals surface area contributed by atoms with E-state index in [4.69, 9.17) is 16.3 Å². The maximum Gasteiger partial charge on any atom is 0.178 e. The first-order chi connectivity index (χ1) is 7.58. The van der Waals surface area contributed by atoms with Crippen LogP contribution in [0.3, 0.4) is 0 Å². The van der Waals surface area contributed by atoms with Crippen molar-refractivity contribution in [3.05, 3.63) is 39.7 Å². The van der Waals surface area contributed by atoms with Gasteiger partial charge in [0.2, 0.25) is 0 Å². The van der Waals surface area contributed by atoms with Crippen molar-refractivity contribution in [2.45, 2.75) is 13.8 Å². The molecular formula is C12H11ClO2S. The Hall–Kier alpha value is -1.19. The molecule has 16 heavy (non-hydrogen) atoms. The minimum Gasteiger partial charge on any atom is -0.499 e. The van der Waals surface area contributed by atoms with E-state index < -0.39 is 0 Å². The zero-order chi connectivity index (χ0) is 11.7. The molecule has 0 unspecified atom stereocenters. The Morgan fingerprint density at radius 1 is 1.19 bits per heavy atom. The van der Waals surface area contributed by atoms with Gasteiger partial charge in [0.05, 0.1) is 0 Å². The molecule has 0 fully saturated rings. The summed E-state index contributed by atoms with van der Waals surface area (Å²) in [5.74, 6) is 1.44. The molecule has 4 heteroatoms. The zero-order valence-electron chi connectivity index (χ0n) is 8.95. The third kappa shape index (κ3) is 2.15. The van der Waals surface area contributed by atoms with Gasteiger partial charge in [0, 0.05) is 15.5 Å². The van der Waals surface area contributed by atoms with Crippen molar-refractivity contribution in [3.63, 3.8) is 0 Å². The smallest absolute Gasteiger partial charge is 0.178 e. The maximum absolute atomic E-state index is 9.56. The third-order valence-electron chi connectivity index (χ3n) is 2.26. The Labute approximate surface area is 103 Å². The van der Waals surface area contributed by atoms with Crippen molar-refractivity contribution in [3.8, 4) is 16.6 Å². The van der Waals surface area contributed by atoms with E-state index in [9.17, 15) is 5.11 Å². The van der Waals surface area contributed by atoms with Gasteiger partial charge in [-0.1, -0.05) is 11.6 Å². The second-order valence-corrected chi connectivity index (χ2v) is 5.11. The lowest BCUT2D eigenvalue weighted by molar-refractivity contribution is 0.461. The molecule has 0 spiro atoms. The monoisotopic (exact) mass is 254 g/mol. The minimum atomic E-state index is 0.307. The lowest BCUT2D eigenvalue weighted by Crippen LogP contribution is -1.85. The van der Waals surface area contributed by atoms with Gasteiger partial charge in [-0.15, -0.1) is 11.3 Å². The van der Waals surface area contributed by atoms with Gasteiger partial charge in [-0.05, 0) is 38.1 Å². The summed E-state index contributed by atoms with van der Waals surface area (Å²) in [6, 6.07) is 7.15. The number of hydrogen-bond donors (Lipinski definition) is 1. The Balaban J connectivity index is 2.30. The number of hydrogen-bond acceptors (Lipinski definition) is 3. The van der Waals surface area contributed by atoms with E-state index in [1.807, 2.05) is 13.8 Å². The fourth-order valence-corrected chi connectivity index (χ4v) is 2.35. The van der Waals surface area contributed by atoms with E-state index in [-0.39, 0.29) is 0 Å². The first-order valence-electron chi connectivity index (χ1n) is 4.80. The number of thiophene rings is 1. The summed E-state index contributed by atoms with van der Waals surface area (Å²) in [4.78, 5) is 0.963. The van der Waals surface area contributed by atoms with E-state index >= 15 is 0 Å². The molecule has 1 heterocycles. The topological polar surface area (TPSA) is 29.5 Å². The predicted molar refractivity (Wildman–Crippen MR) is 67.0 cm³/mol. The standard InChI is InChI=1S/C12H11ClO2S/c1-7-11(8(2)16-12(7)14)15-10-5-3-9(13)4-6-10/h3-6,14H,1-2H3. The molecule has 0 atom stereocenters. The highest BCUT2D eigenvalue weighted by Crippen LogP contribution is 2.41. The lowest BCUT2D eigenvalue weighted by Gasteiger charge is -2.06. The summed E-state index contributed by atoms with van der Waals surface area (Å²) in [5, 5.41) is 10.5. The van der Waals surface area contributed by atoms with Crippen LogP contribution in [0.1, 0.15) is 10.4 Å². The fraction of sp³-hybridized carbons (Fsp3) is 0.167. The van der Waals surface area contributed by atoms with E-state index in [0.29, 0.717) is 15.8 Å². The molecule has 2 aromatic rings. The summed E-state index contributed by atoms with van der Waals surface area (Å²) < 4.78 is 5.71. The molecule has 1 N–H and O–H groups in total. The van der Waals surface area contributed by atoms with E-state index in [1.165, 1.54) is 11.3 Å². The van der Waals surface area contributed by atoms with E-state index in [0.717, 1.165) is 16.2 Å². The molecule has 84 valence electrons. The van der Waals surface area contributed by atoms with Crippen LogP contribution in [0, 0.1) is 13.8 Å². The Morgan fingerprint density at radius 2 is 1.81 bits per heavy atom. The highest BCUT2D eigenvalue weighted by atomic mass is 35.5. The molecule has 1 aromatic heterocycles. The van der Waals surface area contributed by atoms with Crippen LogP contribution in [0.4, 0.5) is 0 Å². The maximum atomic E-state index is 9.56. The summed E-state index contributed by atoms with van der Waals surface area (Å²) in [6.45, 7) is 3.76. The van der Waals surface area contributed by atoms with Gasteiger partial charge in [-0.2, -0.15) is 0 Å². The van der Waals surface area contributed by atoms with Crippen LogP contribution in [0.25, 0.3) is 0 Å². The van der Waals surface area contributed by atoms with Crippen molar-refractivity contribution >= 4 is 22.9 Å². The minimum absolute atomic E-state index is 0.307. The molecular weight excluding hydrogens is 244 g/mol. The average Bonchev–Trinajstić information content (AvgIpc) is 2.48. The van der Waals surface area contributed by atoms with E-state index in [1.54, 1.807) is 24.3 Å². The molecule has 0 aliphatic carbocycles. The lowest BCUT2D eigenvalue weighted by atomic mass is 10.3. The largest absolute Gasteiger partial charge is 0.499 e. The van der Waals surface area contributed by atoms with Gasteiger partial charge in [0.15, 0.2) is 5.06 Å². The molecule has 0 aliphatic rings. The summed E-state index contributed by atoms with van der Waals surface area (Å²) in [7, 11) is 0. The van der Waals surface area contributed by atoms with Gasteiger partial charge in [-0.25, -0.2) is 0 Å². The molecule has 0 saturated heterocycles. The fourth-order valence-electron chi connectivity index (χ4n) is 1.40. The first kappa shape index (κ1) is 11.3. The molecule has 0 radical (unpaired) electrons. The number of aromatic hydroxyl groups is 1. The number of benzene rings is 1. The van der Waals surface area contributed by atoms with Gasteiger partial charge in [0.1, 0.15) is 11.5 Å². The molecule has 0 aliphatic heterocycles. The highest BCUT2D eigenvalue weighted by Gasteiger charge is 2.13. The normalized spacial score (nSPS) is 10.4. The van der Waals surface area contributed by atoms with Crippen molar-refractivity contribution in [2.24, 2.45) is 0 Å². The third-order valence-corrected chi connectivity index (χ3v) is 3.51. The molecule has 2 nitrogen and oxygen atoms in total. The Morgan fingerprint density at radius 3 is 2.31 bits per heavy atom. The Kier molecular flexibility index (Phi) is 3.08. The SMILES string of the molecule is Cc1sc(O)c(C)c1Oc1ccc(Cl)cc1. The molecule has 0 saturated carbocycles. The molecule has 0 amide bonds. The van der Waals surface area contributed by atoms with Gasteiger partial charge < -0.3 is 9.84 Å². The van der Waals surface area contributed by atoms with Crippen molar-refractivity contribution in [1.29, 1.82) is 0 Å². The summed E-state index contributed by atoms with van der Waals surface area (Å²) >= 11 is 7.11. The van der Waals surface area contributed by atoms with Crippen LogP contribution in [0.2, 0.25) is 5.02 Å². The summed E-state index contributed by atoms with van der Waals surface area (Å²) in [6.07, 6.45) is 0. The first-order valence-corrected chi connectivity index (χ1v) is 5.99. The second-order valence-electron chi connectivity index (χ2n) is 3.47. The molecule has 1 aromatic carbocycles. The van der Waals surface area contributed by atoms with Gasteiger partial charge in [0.25, 0.3) is 0 Å².